The minimum absolute atomic E-state index is 0.207. The third-order valence-corrected chi connectivity index (χ3v) is 3.90. The van der Waals surface area contributed by atoms with Crippen LogP contribution in [-0.2, 0) is 16.0 Å². The second-order valence-electron chi connectivity index (χ2n) is 4.52. The zero-order valence-electron chi connectivity index (χ0n) is 12.0. The standard InChI is InChI=1S/C15H17N3O2S/c1-3-11-8-12-6-4-5-7-13(12)16-15(11)21-9-14(20)18-17-10(2)19/h4-8H,3,9H2,1-2H3,(H,17,19)(H,18,20). The van der Waals surface area contributed by atoms with Crippen molar-refractivity contribution in [1.29, 1.82) is 0 Å². The van der Waals surface area contributed by atoms with Gasteiger partial charge < -0.3 is 0 Å². The lowest BCUT2D eigenvalue weighted by atomic mass is 10.1. The fourth-order valence-corrected chi connectivity index (χ4v) is 2.74. The minimum atomic E-state index is -0.300. The molecule has 21 heavy (non-hydrogen) atoms. The highest BCUT2D eigenvalue weighted by Gasteiger charge is 2.09. The number of nitrogens with one attached hydrogen (secondary N) is 2. The van der Waals surface area contributed by atoms with Gasteiger partial charge in [-0.15, -0.1) is 0 Å². The monoisotopic (exact) mass is 303 g/mol. The summed E-state index contributed by atoms with van der Waals surface area (Å²) in [6.45, 7) is 3.40. The lowest BCUT2D eigenvalue weighted by Crippen LogP contribution is -2.41. The van der Waals surface area contributed by atoms with Crippen LogP contribution in [0.15, 0.2) is 35.4 Å². The normalized spacial score (nSPS) is 10.4. The van der Waals surface area contributed by atoms with Crippen LogP contribution in [0.1, 0.15) is 19.4 Å². The van der Waals surface area contributed by atoms with Crippen molar-refractivity contribution in [3.05, 3.63) is 35.9 Å². The maximum Gasteiger partial charge on any atom is 0.248 e. The first-order valence-corrected chi connectivity index (χ1v) is 7.65. The van der Waals surface area contributed by atoms with Crippen LogP contribution in [0, 0.1) is 0 Å². The number of amides is 2. The number of hydrogen-bond acceptors (Lipinski definition) is 4. The summed E-state index contributed by atoms with van der Waals surface area (Å²) in [5.74, 6) is -0.350. The van der Waals surface area contributed by atoms with Crippen LogP contribution in [0.4, 0.5) is 0 Å². The Labute approximate surface area is 127 Å². The molecule has 0 bridgehead atoms. The van der Waals surface area contributed by atoms with E-state index in [9.17, 15) is 9.59 Å². The van der Waals surface area contributed by atoms with Gasteiger partial charge in [0.05, 0.1) is 11.3 Å². The Bertz CT molecular complexity index is 673. The van der Waals surface area contributed by atoms with E-state index in [1.165, 1.54) is 18.7 Å². The maximum atomic E-state index is 11.6. The molecule has 0 saturated carbocycles. The summed E-state index contributed by atoms with van der Waals surface area (Å²) in [6.07, 6.45) is 0.855. The minimum Gasteiger partial charge on any atom is -0.274 e. The number of aromatic nitrogens is 1. The molecular weight excluding hydrogens is 286 g/mol. The zero-order chi connectivity index (χ0) is 15.2. The topological polar surface area (TPSA) is 71.1 Å². The van der Waals surface area contributed by atoms with Crippen LogP contribution in [0.2, 0.25) is 0 Å². The summed E-state index contributed by atoms with van der Waals surface area (Å²) in [7, 11) is 0. The van der Waals surface area contributed by atoms with Crippen LogP contribution in [0.3, 0.4) is 0 Å². The molecular formula is C15H17N3O2S. The molecule has 110 valence electrons. The predicted molar refractivity (Wildman–Crippen MR) is 83.8 cm³/mol. The molecule has 6 heteroatoms. The molecule has 0 atom stereocenters. The van der Waals surface area contributed by atoms with Gasteiger partial charge in [0.1, 0.15) is 5.03 Å². The zero-order valence-corrected chi connectivity index (χ0v) is 12.8. The van der Waals surface area contributed by atoms with E-state index in [4.69, 9.17) is 0 Å². The summed E-state index contributed by atoms with van der Waals surface area (Å²) < 4.78 is 0. The third kappa shape index (κ3) is 4.19. The number of carbonyl (C=O) groups is 2. The van der Waals surface area contributed by atoms with Gasteiger partial charge in [-0.05, 0) is 24.1 Å². The van der Waals surface area contributed by atoms with E-state index in [0.717, 1.165) is 27.9 Å². The Balaban J connectivity index is 2.10. The highest BCUT2D eigenvalue weighted by molar-refractivity contribution is 7.99. The largest absolute Gasteiger partial charge is 0.274 e. The molecule has 2 aromatic rings. The maximum absolute atomic E-state index is 11.6. The fourth-order valence-electron chi connectivity index (χ4n) is 1.85. The van der Waals surface area contributed by atoms with E-state index in [2.05, 4.69) is 28.8 Å². The lowest BCUT2D eigenvalue weighted by Gasteiger charge is -2.09. The molecule has 1 aromatic heterocycles. The van der Waals surface area contributed by atoms with Gasteiger partial charge in [-0.3, -0.25) is 20.4 Å². The Morgan fingerprint density at radius 1 is 1.24 bits per heavy atom. The SMILES string of the molecule is CCc1cc2ccccc2nc1SCC(=O)NNC(C)=O. The van der Waals surface area contributed by atoms with Crippen molar-refractivity contribution < 1.29 is 9.59 Å². The summed E-state index contributed by atoms with van der Waals surface area (Å²) in [6, 6.07) is 10.0. The van der Waals surface area contributed by atoms with E-state index in [-0.39, 0.29) is 17.6 Å². The molecule has 2 amide bonds. The number of nitrogens with zero attached hydrogens (tertiary/aromatic N) is 1. The van der Waals surface area contributed by atoms with E-state index >= 15 is 0 Å². The Morgan fingerprint density at radius 2 is 2.00 bits per heavy atom. The first-order chi connectivity index (χ1) is 10.1. The molecule has 0 radical (unpaired) electrons. The Morgan fingerprint density at radius 3 is 2.71 bits per heavy atom. The number of pyridine rings is 1. The van der Waals surface area contributed by atoms with Crippen molar-refractivity contribution in [2.24, 2.45) is 0 Å². The van der Waals surface area contributed by atoms with E-state index in [1.54, 1.807) is 0 Å². The molecule has 1 aromatic carbocycles. The molecule has 0 unspecified atom stereocenters. The van der Waals surface area contributed by atoms with Gasteiger partial charge in [0.2, 0.25) is 11.8 Å². The number of para-hydroxylation sites is 1. The third-order valence-electron chi connectivity index (χ3n) is 2.86. The number of carbonyl (C=O) groups excluding carboxylic acids is 2. The highest BCUT2D eigenvalue weighted by atomic mass is 32.2. The number of hydrogen-bond donors (Lipinski definition) is 2. The summed E-state index contributed by atoms with van der Waals surface area (Å²) in [4.78, 5) is 26.9. The van der Waals surface area contributed by atoms with Crippen molar-refractivity contribution in [2.45, 2.75) is 25.3 Å². The first kappa shape index (κ1) is 15.3. The quantitative estimate of drug-likeness (QED) is 0.670. The van der Waals surface area contributed by atoms with Crippen molar-refractivity contribution in [3.8, 4) is 0 Å². The smallest absolute Gasteiger partial charge is 0.248 e. The van der Waals surface area contributed by atoms with Crippen LogP contribution >= 0.6 is 11.8 Å². The second-order valence-corrected chi connectivity index (χ2v) is 5.48. The van der Waals surface area contributed by atoms with E-state index in [0.29, 0.717) is 0 Å². The molecule has 0 saturated heterocycles. The van der Waals surface area contributed by atoms with Crippen molar-refractivity contribution in [3.63, 3.8) is 0 Å². The average molecular weight is 303 g/mol. The lowest BCUT2D eigenvalue weighted by molar-refractivity contribution is -0.126. The van der Waals surface area contributed by atoms with E-state index < -0.39 is 0 Å². The first-order valence-electron chi connectivity index (χ1n) is 6.67. The van der Waals surface area contributed by atoms with Gasteiger partial charge in [-0.2, -0.15) is 0 Å². The number of rotatable bonds is 4. The molecule has 0 aliphatic rings. The molecule has 0 aliphatic heterocycles. The van der Waals surface area contributed by atoms with Crippen LogP contribution < -0.4 is 10.9 Å². The molecule has 0 fully saturated rings. The Kier molecular flexibility index (Phi) is 5.16. The number of benzene rings is 1. The summed E-state index contributed by atoms with van der Waals surface area (Å²) >= 11 is 1.37. The van der Waals surface area contributed by atoms with Crippen molar-refractivity contribution in [1.82, 2.24) is 15.8 Å². The average Bonchev–Trinajstić information content (AvgIpc) is 2.49. The molecule has 0 aliphatic carbocycles. The highest BCUT2D eigenvalue weighted by Crippen LogP contribution is 2.25. The van der Waals surface area contributed by atoms with Gasteiger partial charge in [-0.25, -0.2) is 4.98 Å². The second kappa shape index (κ2) is 7.08. The summed E-state index contributed by atoms with van der Waals surface area (Å²) in [5.41, 5.74) is 6.64. The number of thioether (sulfide) groups is 1. The van der Waals surface area contributed by atoms with Gasteiger partial charge in [-0.1, -0.05) is 36.9 Å². The molecule has 5 nitrogen and oxygen atoms in total. The van der Waals surface area contributed by atoms with Crippen LogP contribution in [0.25, 0.3) is 10.9 Å². The number of fused-ring (bicyclic) bond motifs is 1. The van der Waals surface area contributed by atoms with Gasteiger partial charge >= 0.3 is 0 Å². The number of hydrazine groups is 1. The van der Waals surface area contributed by atoms with Gasteiger partial charge in [0.15, 0.2) is 0 Å². The summed E-state index contributed by atoms with van der Waals surface area (Å²) in [5, 5.41) is 1.95. The van der Waals surface area contributed by atoms with Gasteiger partial charge in [0.25, 0.3) is 0 Å². The van der Waals surface area contributed by atoms with E-state index in [1.807, 2.05) is 24.3 Å². The molecule has 0 spiro atoms. The van der Waals surface area contributed by atoms with Crippen molar-refractivity contribution >= 4 is 34.5 Å². The molecule has 1 heterocycles. The molecule has 2 rings (SSSR count). The fraction of sp³-hybridized carbons (Fsp3) is 0.267. The Hall–Kier alpha value is -2.08. The van der Waals surface area contributed by atoms with Gasteiger partial charge in [0, 0.05) is 12.3 Å². The molecule has 2 N–H and O–H groups in total. The van der Waals surface area contributed by atoms with Crippen LogP contribution in [0.5, 0.6) is 0 Å². The van der Waals surface area contributed by atoms with Crippen molar-refractivity contribution in [2.75, 3.05) is 5.75 Å². The predicted octanol–water partition coefficient (Wildman–Crippen LogP) is 2.06. The number of aryl methyl sites for hydroxylation is 1. The van der Waals surface area contributed by atoms with Crippen LogP contribution in [-0.4, -0.2) is 22.6 Å².